The van der Waals surface area contributed by atoms with Crippen LogP contribution in [0.1, 0.15) is 71.8 Å². The molecule has 15 nitrogen and oxygen atoms in total. The minimum Gasteiger partial charge on any atom is -0.462 e. The smallest absolute Gasteiger partial charge is 0.435 e. The van der Waals surface area contributed by atoms with E-state index in [1.807, 2.05) is 0 Å². The van der Waals surface area contributed by atoms with Gasteiger partial charge in [0.05, 0.1) is 41.6 Å². The molecule has 70 heavy (non-hydrogen) atoms. The number of nitrogens with zero attached hydrogens (tertiary/aromatic N) is 6. The van der Waals surface area contributed by atoms with Crippen LogP contribution in [0.15, 0.2) is 42.5 Å². The van der Waals surface area contributed by atoms with Crippen LogP contribution in [0.2, 0.25) is 5.02 Å². The third kappa shape index (κ3) is 10.2. The van der Waals surface area contributed by atoms with Gasteiger partial charge in [0.25, 0.3) is 5.92 Å². The molecule has 0 spiro atoms. The Hall–Kier alpha value is -6.27. The molecule has 2 aromatic carbocycles. The standard InChI is InChI=1S/C42H34ClF10N7O8S2/c1-39(2,70(4,66)67)10-9-22-5-6-23(24-7-8-27(43)32-29(56-59(34(24)32)18-40(46,47)48)16-60(69(64)65)37(62)38(63)68-3)33(54-22)28(13-19-11-20(44)14-21(45)12-19)55-30(61)17-58-36-31(35(57-58)42(51,52)53)25-15-26(25)41(36,49)50/h5-8,11-12,14,25-26,28,69H,13,15-18H2,1-4H3,(H,55,61)/t25-,26+,28?/m0/s1. The zero-order valence-corrected chi connectivity index (χ0v) is 38.7. The van der Waals surface area contributed by atoms with Gasteiger partial charge in [0, 0.05) is 40.3 Å². The molecule has 7 rings (SSSR count). The molecule has 374 valence electrons. The number of rotatable bonds is 12. The Morgan fingerprint density at radius 1 is 1.00 bits per heavy atom. The highest BCUT2D eigenvalue weighted by Crippen LogP contribution is 2.68. The number of halogens is 11. The molecular formula is C42H34ClF10N7O8S2. The maximum absolute atomic E-state index is 15.5. The monoisotopic (exact) mass is 1050 g/mol. The number of hydrogen-bond donors (Lipinski definition) is 2. The molecule has 0 saturated heterocycles. The molecule has 0 aliphatic heterocycles. The quantitative estimate of drug-likeness (QED) is 0.0468. The van der Waals surface area contributed by atoms with Gasteiger partial charge in [-0.1, -0.05) is 23.6 Å². The van der Waals surface area contributed by atoms with E-state index in [9.17, 15) is 66.3 Å². The van der Waals surface area contributed by atoms with Crippen LogP contribution in [0.25, 0.3) is 22.0 Å². The Balaban J connectivity index is 1.46. The first-order chi connectivity index (χ1) is 32.3. The van der Waals surface area contributed by atoms with Crippen molar-refractivity contribution >= 4 is 61.0 Å². The molecule has 2 aliphatic rings. The number of hydrogen-bond acceptors (Lipinski definition) is 11. The van der Waals surface area contributed by atoms with Crippen LogP contribution in [0.3, 0.4) is 0 Å². The number of fused-ring (bicyclic) bond motifs is 4. The van der Waals surface area contributed by atoms with Crippen molar-refractivity contribution in [1.82, 2.24) is 34.2 Å². The molecule has 3 atom stereocenters. The molecule has 2 amide bonds. The lowest BCUT2D eigenvalue weighted by Crippen LogP contribution is -2.35. The predicted molar refractivity (Wildman–Crippen MR) is 226 cm³/mol. The Kier molecular flexibility index (Phi) is 13.4. The number of carbonyl (C=O) groups excluding carboxylic acids is 3. The molecule has 5 aromatic rings. The number of benzene rings is 2. The molecule has 3 aromatic heterocycles. The van der Waals surface area contributed by atoms with Gasteiger partial charge in [-0.15, -0.1) is 0 Å². The number of pyridine rings is 1. The number of esters is 1. The van der Waals surface area contributed by atoms with Gasteiger partial charge >= 0.3 is 24.2 Å². The normalized spacial score (nSPS) is 16.9. The number of nitrogens with one attached hydrogen (secondary N) is 1. The summed E-state index contributed by atoms with van der Waals surface area (Å²) < 4.78 is 199. The average Bonchev–Trinajstić information content (AvgIpc) is 3.75. The zero-order valence-electron chi connectivity index (χ0n) is 36.3. The first-order valence-electron chi connectivity index (χ1n) is 20.2. The summed E-state index contributed by atoms with van der Waals surface area (Å²) in [6.45, 7) is -1.95. The van der Waals surface area contributed by atoms with Gasteiger partial charge < -0.3 is 10.1 Å². The van der Waals surface area contributed by atoms with Crippen LogP contribution in [0, 0.1) is 29.4 Å². The zero-order chi connectivity index (χ0) is 51.8. The molecule has 2 aliphatic carbocycles. The second-order valence-electron chi connectivity index (χ2n) is 16.7. The van der Waals surface area contributed by atoms with E-state index in [2.05, 4.69) is 37.1 Å². The van der Waals surface area contributed by atoms with Crippen molar-refractivity contribution in [3.05, 3.63) is 98.7 Å². The Morgan fingerprint density at radius 3 is 2.23 bits per heavy atom. The van der Waals surface area contributed by atoms with E-state index in [0.717, 1.165) is 49.8 Å². The second-order valence-corrected chi connectivity index (χ2v) is 20.7. The van der Waals surface area contributed by atoms with Gasteiger partial charge in [0.2, 0.25) is 16.8 Å². The van der Waals surface area contributed by atoms with Crippen LogP contribution in [0.5, 0.6) is 0 Å². The number of ether oxygens (including phenoxy) is 1. The average molecular weight is 1050 g/mol. The summed E-state index contributed by atoms with van der Waals surface area (Å²) in [6.07, 6.45) is -10.4. The molecule has 1 saturated carbocycles. The number of thiol groups is 1. The topological polar surface area (TPSA) is 193 Å². The molecule has 0 radical (unpaired) electrons. The highest BCUT2D eigenvalue weighted by Gasteiger charge is 2.68. The van der Waals surface area contributed by atoms with Crippen molar-refractivity contribution < 1.29 is 79.9 Å². The SMILES string of the molecule is COC(=O)C(=O)N(Cc1nn(CC(F)(F)F)c2c(-c3ccc(C#CC(C)(C)S(C)(=O)=O)nc3C(Cc3cc(F)cc(F)c3)NC(=O)Cn3nc(C(F)(F)F)c4c3C(F)(F)[C@@H]3C[C@H]43)ccc(Cl)c12)[SH](=O)=O. The third-order valence-electron chi connectivity index (χ3n) is 11.5. The van der Waals surface area contributed by atoms with E-state index in [-0.39, 0.29) is 37.8 Å². The van der Waals surface area contributed by atoms with E-state index in [4.69, 9.17) is 11.6 Å². The van der Waals surface area contributed by atoms with Crippen LogP contribution in [0.4, 0.5) is 43.9 Å². The Bertz CT molecular complexity index is 3240. The lowest BCUT2D eigenvalue weighted by atomic mass is 9.93. The van der Waals surface area contributed by atoms with Crippen molar-refractivity contribution in [2.24, 2.45) is 5.92 Å². The fourth-order valence-corrected chi connectivity index (χ4v) is 8.98. The van der Waals surface area contributed by atoms with E-state index in [1.54, 1.807) is 0 Å². The summed E-state index contributed by atoms with van der Waals surface area (Å²) in [7, 11) is -7.15. The summed E-state index contributed by atoms with van der Waals surface area (Å²) >= 11 is 6.55. The number of alkyl halides is 8. The summed E-state index contributed by atoms with van der Waals surface area (Å²) in [5.74, 6) is -8.54. The van der Waals surface area contributed by atoms with Gasteiger partial charge in [-0.25, -0.2) is 39.7 Å². The van der Waals surface area contributed by atoms with Crippen LogP contribution < -0.4 is 5.32 Å². The van der Waals surface area contributed by atoms with Gasteiger partial charge in [-0.3, -0.25) is 19.0 Å². The predicted octanol–water partition coefficient (Wildman–Crippen LogP) is 6.32. The molecule has 28 heteroatoms. The van der Waals surface area contributed by atoms with Crippen molar-refractivity contribution in [3.8, 4) is 23.0 Å². The highest BCUT2D eigenvalue weighted by atomic mass is 35.5. The Morgan fingerprint density at radius 2 is 1.64 bits per heavy atom. The summed E-state index contributed by atoms with van der Waals surface area (Å²) in [5, 5.41) is 8.87. The minimum atomic E-state index is -5.22. The Labute approximate surface area is 396 Å². The maximum Gasteiger partial charge on any atom is 0.435 e. The number of carbonyl (C=O) groups is 3. The third-order valence-corrected chi connectivity index (χ3v) is 14.5. The highest BCUT2D eigenvalue weighted by molar-refractivity contribution is 7.92. The van der Waals surface area contributed by atoms with E-state index in [1.165, 1.54) is 13.8 Å². The van der Waals surface area contributed by atoms with Crippen LogP contribution in [-0.2, 0) is 78.0 Å². The largest absolute Gasteiger partial charge is 0.462 e. The second kappa shape index (κ2) is 18.2. The molecule has 1 fully saturated rings. The molecule has 3 heterocycles. The fraction of sp³-hybridized carbons (Fsp3) is 0.381. The van der Waals surface area contributed by atoms with E-state index in [0.29, 0.717) is 10.7 Å². The van der Waals surface area contributed by atoms with Crippen LogP contribution >= 0.6 is 11.6 Å². The summed E-state index contributed by atoms with van der Waals surface area (Å²) in [4.78, 5) is 43.4. The van der Waals surface area contributed by atoms with E-state index < -0.39 is 161 Å². The van der Waals surface area contributed by atoms with Crippen molar-refractivity contribution in [2.75, 3.05) is 13.4 Å². The van der Waals surface area contributed by atoms with E-state index >= 15 is 8.78 Å². The molecule has 1 unspecified atom stereocenters. The number of aromatic nitrogens is 5. The molecule has 0 bridgehead atoms. The van der Waals surface area contributed by atoms with Gasteiger partial charge in [0.15, 0.2) is 15.5 Å². The minimum absolute atomic E-state index is 0.0857. The van der Waals surface area contributed by atoms with Crippen molar-refractivity contribution in [3.63, 3.8) is 0 Å². The number of sulfone groups is 1. The van der Waals surface area contributed by atoms with Crippen LogP contribution in [-0.4, -0.2) is 87.8 Å². The van der Waals surface area contributed by atoms with Crippen molar-refractivity contribution in [1.29, 1.82) is 0 Å². The fourth-order valence-electron chi connectivity index (χ4n) is 8.00. The number of methoxy groups -OCH3 is 1. The maximum atomic E-state index is 15.5. The number of amides is 2. The summed E-state index contributed by atoms with van der Waals surface area (Å²) in [5.41, 5.74) is -6.36. The lowest BCUT2D eigenvalue weighted by Gasteiger charge is -2.23. The summed E-state index contributed by atoms with van der Waals surface area (Å²) in [6, 6.07) is 4.82. The van der Waals surface area contributed by atoms with Gasteiger partial charge in [-0.2, -0.15) is 45.3 Å². The van der Waals surface area contributed by atoms with Gasteiger partial charge in [0.1, 0.15) is 40.9 Å². The van der Waals surface area contributed by atoms with Gasteiger partial charge in [-0.05, 0) is 74.4 Å². The lowest BCUT2D eigenvalue weighted by molar-refractivity contribution is -0.155. The first kappa shape index (κ1) is 51.6. The molecule has 1 N–H and O–H groups in total. The first-order valence-corrected chi connectivity index (χ1v) is 23.6. The molecular weight excluding hydrogens is 1020 g/mol. The van der Waals surface area contributed by atoms with Crippen molar-refractivity contribution in [2.45, 2.75) is 81.3 Å².